The standard InChI is InChI=1S/C11H22N2O2/c1-3-6-11(2,15)8-13-10(14)9-5-4-7-12-9/h9,12,15H,3-8H2,1-2H3,(H,13,14)/t9-,11?/m1/s1. The predicted molar refractivity (Wildman–Crippen MR) is 59.6 cm³/mol. The van der Waals surface area contributed by atoms with E-state index in [1.807, 2.05) is 6.92 Å². The Labute approximate surface area is 91.4 Å². The van der Waals surface area contributed by atoms with Crippen molar-refractivity contribution in [3.8, 4) is 0 Å². The molecule has 0 bridgehead atoms. The fraction of sp³-hybridized carbons (Fsp3) is 0.909. The highest BCUT2D eigenvalue weighted by molar-refractivity contribution is 5.82. The molecule has 4 heteroatoms. The highest BCUT2D eigenvalue weighted by Crippen LogP contribution is 2.11. The third kappa shape index (κ3) is 4.18. The van der Waals surface area contributed by atoms with E-state index >= 15 is 0 Å². The van der Waals surface area contributed by atoms with Gasteiger partial charge in [-0.3, -0.25) is 4.79 Å². The summed E-state index contributed by atoms with van der Waals surface area (Å²) in [6, 6.07) is -0.0533. The zero-order chi connectivity index (χ0) is 11.3. The van der Waals surface area contributed by atoms with Gasteiger partial charge in [0.05, 0.1) is 11.6 Å². The van der Waals surface area contributed by atoms with Gasteiger partial charge in [-0.1, -0.05) is 13.3 Å². The average molecular weight is 214 g/mol. The average Bonchev–Trinajstić information content (AvgIpc) is 2.67. The maximum absolute atomic E-state index is 11.6. The minimum Gasteiger partial charge on any atom is -0.388 e. The number of hydrogen-bond acceptors (Lipinski definition) is 3. The van der Waals surface area contributed by atoms with Crippen LogP contribution in [0.1, 0.15) is 39.5 Å². The minimum absolute atomic E-state index is 0.0175. The first-order valence-electron chi connectivity index (χ1n) is 5.78. The van der Waals surface area contributed by atoms with Crippen molar-refractivity contribution in [2.75, 3.05) is 13.1 Å². The molecule has 1 fully saturated rings. The summed E-state index contributed by atoms with van der Waals surface area (Å²) >= 11 is 0. The fourth-order valence-electron chi connectivity index (χ4n) is 1.94. The first-order chi connectivity index (χ1) is 7.05. The smallest absolute Gasteiger partial charge is 0.237 e. The van der Waals surface area contributed by atoms with E-state index in [9.17, 15) is 9.90 Å². The molecule has 0 aromatic heterocycles. The molecule has 88 valence electrons. The SMILES string of the molecule is CCCC(C)(O)CNC(=O)[C@H]1CCCN1. The van der Waals surface area contributed by atoms with Crippen molar-refractivity contribution in [1.29, 1.82) is 0 Å². The molecule has 0 aromatic carbocycles. The monoisotopic (exact) mass is 214 g/mol. The van der Waals surface area contributed by atoms with Crippen LogP contribution < -0.4 is 10.6 Å². The number of aliphatic hydroxyl groups is 1. The summed E-state index contributed by atoms with van der Waals surface area (Å²) in [5, 5.41) is 15.8. The van der Waals surface area contributed by atoms with E-state index in [1.165, 1.54) is 0 Å². The number of rotatable bonds is 5. The van der Waals surface area contributed by atoms with Crippen LogP contribution in [0.2, 0.25) is 0 Å². The summed E-state index contributed by atoms with van der Waals surface area (Å²) in [6.07, 6.45) is 3.60. The first-order valence-corrected chi connectivity index (χ1v) is 5.78. The molecule has 0 aliphatic carbocycles. The van der Waals surface area contributed by atoms with Crippen molar-refractivity contribution >= 4 is 5.91 Å². The molecule has 0 aromatic rings. The maximum Gasteiger partial charge on any atom is 0.237 e. The van der Waals surface area contributed by atoms with Crippen molar-refractivity contribution < 1.29 is 9.90 Å². The molecule has 1 aliphatic heterocycles. The summed E-state index contributed by atoms with van der Waals surface area (Å²) in [7, 11) is 0. The summed E-state index contributed by atoms with van der Waals surface area (Å²) in [4.78, 5) is 11.6. The highest BCUT2D eigenvalue weighted by atomic mass is 16.3. The number of carbonyl (C=O) groups excluding carboxylic acids is 1. The lowest BCUT2D eigenvalue weighted by Crippen LogP contribution is -2.46. The lowest BCUT2D eigenvalue weighted by atomic mass is 10.0. The zero-order valence-electron chi connectivity index (χ0n) is 9.68. The second kappa shape index (κ2) is 5.47. The summed E-state index contributed by atoms with van der Waals surface area (Å²) in [5.74, 6) is 0.0175. The van der Waals surface area contributed by atoms with E-state index in [4.69, 9.17) is 0 Å². The van der Waals surface area contributed by atoms with Crippen molar-refractivity contribution in [3.05, 3.63) is 0 Å². The zero-order valence-corrected chi connectivity index (χ0v) is 9.68. The molecule has 1 aliphatic rings. The molecule has 0 spiro atoms. The number of carbonyl (C=O) groups is 1. The largest absolute Gasteiger partial charge is 0.388 e. The van der Waals surface area contributed by atoms with E-state index in [2.05, 4.69) is 10.6 Å². The van der Waals surface area contributed by atoms with Crippen LogP contribution in [0.25, 0.3) is 0 Å². The summed E-state index contributed by atoms with van der Waals surface area (Å²) in [6.45, 7) is 5.05. The molecule has 1 amide bonds. The van der Waals surface area contributed by atoms with Crippen LogP contribution in [0.5, 0.6) is 0 Å². The normalized spacial score (nSPS) is 24.9. The lowest BCUT2D eigenvalue weighted by molar-refractivity contribution is -0.124. The predicted octanol–water partition coefficient (Wildman–Crippen LogP) is 0.406. The summed E-state index contributed by atoms with van der Waals surface area (Å²) < 4.78 is 0. The van der Waals surface area contributed by atoms with Crippen LogP contribution in [0.4, 0.5) is 0 Å². The van der Waals surface area contributed by atoms with E-state index in [-0.39, 0.29) is 11.9 Å². The quantitative estimate of drug-likeness (QED) is 0.621. The Kier molecular flexibility index (Phi) is 4.54. The van der Waals surface area contributed by atoms with Gasteiger partial charge in [-0.25, -0.2) is 0 Å². The van der Waals surface area contributed by atoms with E-state index in [1.54, 1.807) is 6.92 Å². The third-order valence-corrected chi connectivity index (χ3v) is 2.81. The Bertz CT molecular complexity index is 211. The Morgan fingerprint density at radius 1 is 1.67 bits per heavy atom. The van der Waals surface area contributed by atoms with Crippen LogP contribution in [0.3, 0.4) is 0 Å². The molecule has 15 heavy (non-hydrogen) atoms. The van der Waals surface area contributed by atoms with Crippen LogP contribution >= 0.6 is 0 Å². The van der Waals surface area contributed by atoms with Gasteiger partial charge in [0.15, 0.2) is 0 Å². The number of hydrogen-bond donors (Lipinski definition) is 3. The molecule has 4 nitrogen and oxygen atoms in total. The first kappa shape index (κ1) is 12.5. The molecule has 3 N–H and O–H groups in total. The Balaban J connectivity index is 2.26. The van der Waals surface area contributed by atoms with Gasteiger partial charge in [-0.05, 0) is 32.7 Å². The van der Waals surface area contributed by atoms with Crippen LogP contribution in [-0.2, 0) is 4.79 Å². The summed E-state index contributed by atoms with van der Waals surface area (Å²) in [5.41, 5.74) is -0.775. The van der Waals surface area contributed by atoms with Gasteiger partial charge in [-0.15, -0.1) is 0 Å². The van der Waals surface area contributed by atoms with Gasteiger partial charge in [0, 0.05) is 6.54 Å². The second-order valence-electron chi connectivity index (χ2n) is 4.61. The molecular formula is C11H22N2O2. The number of amides is 1. The van der Waals surface area contributed by atoms with Gasteiger partial charge in [0.25, 0.3) is 0 Å². The molecule has 1 heterocycles. The van der Waals surface area contributed by atoms with Crippen LogP contribution in [0, 0.1) is 0 Å². The second-order valence-corrected chi connectivity index (χ2v) is 4.61. The highest BCUT2D eigenvalue weighted by Gasteiger charge is 2.25. The maximum atomic E-state index is 11.6. The molecular weight excluding hydrogens is 192 g/mol. The van der Waals surface area contributed by atoms with Crippen molar-refractivity contribution in [2.24, 2.45) is 0 Å². The van der Waals surface area contributed by atoms with Crippen LogP contribution in [0.15, 0.2) is 0 Å². The molecule has 1 saturated heterocycles. The van der Waals surface area contributed by atoms with Gasteiger partial charge >= 0.3 is 0 Å². The van der Waals surface area contributed by atoms with Crippen molar-refractivity contribution in [3.63, 3.8) is 0 Å². The van der Waals surface area contributed by atoms with Gasteiger partial charge in [-0.2, -0.15) is 0 Å². The Hall–Kier alpha value is -0.610. The molecule has 0 saturated carbocycles. The number of nitrogens with one attached hydrogen (secondary N) is 2. The van der Waals surface area contributed by atoms with E-state index in [0.29, 0.717) is 13.0 Å². The molecule has 1 unspecified atom stereocenters. The van der Waals surface area contributed by atoms with E-state index in [0.717, 1.165) is 25.8 Å². The lowest BCUT2D eigenvalue weighted by Gasteiger charge is -2.23. The molecule has 1 rings (SSSR count). The minimum atomic E-state index is -0.775. The van der Waals surface area contributed by atoms with E-state index < -0.39 is 5.60 Å². The van der Waals surface area contributed by atoms with Gasteiger partial charge in [0.2, 0.25) is 5.91 Å². The van der Waals surface area contributed by atoms with Crippen molar-refractivity contribution in [2.45, 2.75) is 51.2 Å². The fourth-order valence-corrected chi connectivity index (χ4v) is 1.94. The molecule has 0 radical (unpaired) electrons. The van der Waals surface area contributed by atoms with Gasteiger partial charge in [0.1, 0.15) is 0 Å². The topological polar surface area (TPSA) is 61.4 Å². The van der Waals surface area contributed by atoms with Crippen LogP contribution in [-0.4, -0.2) is 35.7 Å². The Morgan fingerprint density at radius 3 is 2.93 bits per heavy atom. The Morgan fingerprint density at radius 2 is 2.40 bits per heavy atom. The molecule has 2 atom stereocenters. The van der Waals surface area contributed by atoms with Gasteiger partial charge < -0.3 is 15.7 Å². The third-order valence-electron chi connectivity index (χ3n) is 2.81. The van der Waals surface area contributed by atoms with Crippen molar-refractivity contribution in [1.82, 2.24) is 10.6 Å².